The average molecular weight is 370 g/mol. The number of likely N-dealkylation sites (tertiary alicyclic amines) is 1. The summed E-state index contributed by atoms with van der Waals surface area (Å²) in [5.41, 5.74) is 1.27. The third-order valence-corrected chi connectivity index (χ3v) is 5.44. The largest absolute Gasteiger partial charge is 0.353 e. The minimum absolute atomic E-state index is 0.126. The fourth-order valence-electron chi connectivity index (χ4n) is 4.06. The number of nitrogens with zero attached hydrogens (tertiary/aromatic N) is 3. The Labute approximate surface area is 156 Å². The smallest absolute Gasteiger partial charge is 0.275 e. The monoisotopic (exact) mass is 370 g/mol. The molecule has 0 unspecified atom stereocenters. The minimum atomic E-state index is -0.438. The van der Waals surface area contributed by atoms with Crippen LogP contribution in [0.15, 0.2) is 41.3 Å². The quantitative estimate of drug-likeness (QED) is 0.747. The molecule has 1 fully saturated rings. The highest BCUT2D eigenvalue weighted by molar-refractivity contribution is 5.82. The van der Waals surface area contributed by atoms with E-state index in [2.05, 4.69) is 17.1 Å². The van der Waals surface area contributed by atoms with Gasteiger partial charge in [-0.15, -0.1) is 0 Å². The SMILES string of the molecule is CCN1CCC[C@H]1CNC(=O)Cn1c(=O)c2cccn2c2ccc(F)cc21. The van der Waals surface area contributed by atoms with Crippen molar-refractivity contribution in [2.45, 2.75) is 32.4 Å². The van der Waals surface area contributed by atoms with Crippen molar-refractivity contribution in [3.05, 3.63) is 52.7 Å². The maximum absolute atomic E-state index is 13.8. The van der Waals surface area contributed by atoms with Gasteiger partial charge in [-0.2, -0.15) is 0 Å². The molecule has 0 spiro atoms. The zero-order chi connectivity index (χ0) is 19.0. The second-order valence-electron chi connectivity index (χ2n) is 7.02. The number of benzene rings is 1. The number of carbonyl (C=O) groups is 1. The fourth-order valence-corrected chi connectivity index (χ4v) is 4.06. The van der Waals surface area contributed by atoms with E-state index in [1.54, 1.807) is 28.8 Å². The van der Waals surface area contributed by atoms with E-state index in [9.17, 15) is 14.0 Å². The second kappa shape index (κ2) is 7.15. The number of aromatic nitrogens is 2. The third-order valence-electron chi connectivity index (χ3n) is 5.44. The van der Waals surface area contributed by atoms with Crippen LogP contribution in [0.1, 0.15) is 19.8 Å². The van der Waals surface area contributed by atoms with E-state index in [1.807, 2.05) is 0 Å². The molecule has 1 saturated heterocycles. The first kappa shape index (κ1) is 17.7. The normalized spacial score (nSPS) is 17.8. The van der Waals surface area contributed by atoms with Gasteiger partial charge in [0.1, 0.15) is 17.9 Å². The molecule has 27 heavy (non-hydrogen) atoms. The maximum Gasteiger partial charge on any atom is 0.275 e. The molecule has 6 nitrogen and oxygen atoms in total. The van der Waals surface area contributed by atoms with Crippen molar-refractivity contribution in [2.24, 2.45) is 0 Å². The summed E-state index contributed by atoms with van der Waals surface area (Å²) in [6.45, 7) is 4.59. The molecule has 7 heteroatoms. The van der Waals surface area contributed by atoms with E-state index in [0.717, 1.165) is 25.9 Å². The standard InChI is InChI=1S/C20H23FN4O2/c1-2-23-9-3-5-15(23)12-22-19(26)13-25-18-11-14(21)7-8-16(18)24-10-4-6-17(24)20(25)27/h4,6-8,10-11,15H,2-3,5,9,12-13H2,1H3,(H,22,26)/t15-/m0/s1. The zero-order valence-electron chi connectivity index (χ0n) is 15.3. The summed E-state index contributed by atoms with van der Waals surface area (Å²) in [7, 11) is 0. The lowest BCUT2D eigenvalue weighted by Gasteiger charge is -2.23. The number of halogens is 1. The van der Waals surface area contributed by atoms with E-state index in [0.29, 0.717) is 29.1 Å². The third kappa shape index (κ3) is 3.23. The summed E-state index contributed by atoms with van der Waals surface area (Å²) in [5.74, 6) is -0.673. The van der Waals surface area contributed by atoms with Crippen molar-refractivity contribution >= 4 is 22.5 Å². The Hall–Kier alpha value is -2.67. The van der Waals surface area contributed by atoms with Crippen molar-refractivity contribution in [2.75, 3.05) is 19.6 Å². The summed E-state index contributed by atoms with van der Waals surface area (Å²) in [4.78, 5) is 27.7. The van der Waals surface area contributed by atoms with Crippen molar-refractivity contribution < 1.29 is 9.18 Å². The molecule has 0 radical (unpaired) electrons. The second-order valence-corrected chi connectivity index (χ2v) is 7.02. The Morgan fingerprint density at radius 3 is 2.93 bits per heavy atom. The molecule has 2 aromatic heterocycles. The Balaban J connectivity index is 1.62. The number of carbonyl (C=O) groups excluding carboxylic acids is 1. The Kier molecular flexibility index (Phi) is 4.70. The molecule has 1 amide bonds. The number of nitrogens with one attached hydrogen (secondary N) is 1. The molecule has 0 aliphatic carbocycles. The predicted molar refractivity (Wildman–Crippen MR) is 102 cm³/mol. The molecule has 3 heterocycles. The summed E-state index contributed by atoms with van der Waals surface area (Å²) in [6, 6.07) is 8.11. The Morgan fingerprint density at radius 2 is 2.11 bits per heavy atom. The fraction of sp³-hybridized carbons (Fsp3) is 0.400. The molecular weight excluding hydrogens is 347 g/mol. The number of hydrogen-bond donors (Lipinski definition) is 1. The van der Waals surface area contributed by atoms with Gasteiger partial charge in [0, 0.05) is 18.8 Å². The van der Waals surface area contributed by atoms with Crippen LogP contribution in [0.4, 0.5) is 4.39 Å². The van der Waals surface area contributed by atoms with Gasteiger partial charge in [-0.05, 0) is 56.3 Å². The molecule has 142 valence electrons. The van der Waals surface area contributed by atoms with Gasteiger partial charge < -0.3 is 9.72 Å². The highest BCUT2D eigenvalue weighted by Crippen LogP contribution is 2.17. The van der Waals surface area contributed by atoms with Crippen LogP contribution in [0.2, 0.25) is 0 Å². The van der Waals surface area contributed by atoms with Crippen LogP contribution < -0.4 is 10.9 Å². The number of fused-ring (bicyclic) bond motifs is 3. The van der Waals surface area contributed by atoms with Crippen LogP contribution in [0.3, 0.4) is 0 Å². The molecule has 1 aromatic carbocycles. The van der Waals surface area contributed by atoms with E-state index in [1.165, 1.54) is 16.7 Å². The summed E-state index contributed by atoms with van der Waals surface area (Å²) in [6.07, 6.45) is 3.97. The highest BCUT2D eigenvalue weighted by Gasteiger charge is 2.23. The first-order valence-electron chi connectivity index (χ1n) is 9.38. The van der Waals surface area contributed by atoms with Crippen LogP contribution >= 0.6 is 0 Å². The number of rotatable bonds is 5. The highest BCUT2D eigenvalue weighted by atomic mass is 19.1. The molecule has 3 aromatic rings. The van der Waals surface area contributed by atoms with Crippen molar-refractivity contribution in [1.29, 1.82) is 0 Å². The molecule has 1 atom stereocenters. The van der Waals surface area contributed by atoms with Gasteiger partial charge in [-0.25, -0.2) is 4.39 Å². The number of likely N-dealkylation sites (N-methyl/N-ethyl adjacent to an activating group) is 1. The number of amides is 1. The molecule has 1 N–H and O–H groups in total. The van der Waals surface area contributed by atoms with Crippen molar-refractivity contribution in [1.82, 2.24) is 19.2 Å². The molecule has 1 aliphatic rings. The average Bonchev–Trinajstić information content (AvgIpc) is 3.32. The minimum Gasteiger partial charge on any atom is -0.353 e. The lowest BCUT2D eigenvalue weighted by Crippen LogP contribution is -2.42. The van der Waals surface area contributed by atoms with Gasteiger partial charge in [0.15, 0.2) is 0 Å². The Bertz CT molecular complexity index is 1060. The maximum atomic E-state index is 13.8. The summed E-state index contributed by atoms with van der Waals surface area (Å²) in [5, 5.41) is 2.94. The molecule has 4 rings (SSSR count). The molecule has 1 aliphatic heterocycles. The van der Waals surface area contributed by atoms with Gasteiger partial charge in [0.25, 0.3) is 5.56 Å². The lowest BCUT2D eigenvalue weighted by atomic mass is 10.2. The predicted octanol–water partition coefficient (Wildman–Crippen LogP) is 1.99. The van der Waals surface area contributed by atoms with Gasteiger partial charge in [0.05, 0.1) is 11.0 Å². The molecular formula is C20H23FN4O2. The van der Waals surface area contributed by atoms with E-state index < -0.39 is 5.82 Å². The number of hydrogen-bond acceptors (Lipinski definition) is 3. The van der Waals surface area contributed by atoms with Gasteiger partial charge in [-0.3, -0.25) is 19.1 Å². The lowest BCUT2D eigenvalue weighted by molar-refractivity contribution is -0.121. The summed E-state index contributed by atoms with van der Waals surface area (Å²) < 4.78 is 16.9. The van der Waals surface area contributed by atoms with Crippen LogP contribution in [-0.2, 0) is 11.3 Å². The van der Waals surface area contributed by atoms with Crippen molar-refractivity contribution in [3.63, 3.8) is 0 Å². The first-order chi connectivity index (χ1) is 13.1. The van der Waals surface area contributed by atoms with Crippen LogP contribution in [0, 0.1) is 5.82 Å². The van der Waals surface area contributed by atoms with Gasteiger partial charge in [-0.1, -0.05) is 6.92 Å². The molecule has 0 saturated carbocycles. The molecule has 0 bridgehead atoms. The van der Waals surface area contributed by atoms with E-state index in [4.69, 9.17) is 0 Å². The Morgan fingerprint density at radius 1 is 1.26 bits per heavy atom. The van der Waals surface area contributed by atoms with Crippen LogP contribution in [0.25, 0.3) is 16.6 Å². The topological polar surface area (TPSA) is 58.8 Å². The van der Waals surface area contributed by atoms with Crippen molar-refractivity contribution in [3.8, 4) is 0 Å². The van der Waals surface area contributed by atoms with Gasteiger partial charge >= 0.3 is 0 Å². The van der Waals surface area contributed by atoms with Crippen LogP contribution in [0.5, 0.6) is 0 Å². The van der Waals surface area contributed by atoms with E-state index >= 15 is 0 Å². The van der Waals surface area contributed by atoms with E-state index in [-0.39, 0.29) is 18.0 Å². The first-order valence-corrected chi connectivity index (χ1v) is 9.38. The summed E-state index contributed by atoms with van der Waals surface area (Å²) >= 11 is 0. The van der Waals surface area contributed by atoms with Crippen LogP contribution in [-0.4, -0.2) is 45.5 Å². The van der Waals surface area contributed by atoms with Gasteiger partial charge in [0.2, 0.25) is 5.91 Å². The zero-order valence-corrected chi connectivity index (χ0v) is 15.3.